The molecule has 1 aliphatic heterocycles. The first-order valence-electron chi connectivity index (χ1n) is 11.6. The van der Waals surface area contributed by atoms with Gasteiger partial charge >= 0.3 is 6.09 Å². The third-order valence-corrected chi connectivity index (χ3v) is 6.56. The van der Waals surface area contributed by atoms with E-state index in [2.05, 4.69) is 20.1 Å². The van der Waals surface area contributed by atoms with Gasteiger partial charge in [-0.3, -0.25) is 14.9 Å². The molecular weight excluding hydrogens is 484 g/mol. The Hall–Kier alpha value is -3.92. The van der Waals surface area contributed by atoms with Crippen molar-refractivity contribution in [2.45, 2.75) is 37.3 Å². The third-order valence-electron chi connectivity index (χ3n) is 6.56. The van der Waals surface area contributed by atoms with Gasteiger partial charge in [-0.15, -0.1) is 0 Å². The molecule has 3 unspecified atom stereocenters. The smallest absolute Gasteiger partial charge is 0.412 e. The topological polar surface area (TPSA) is 142 Å². The molecule has 3 heterocycles. The minimum Gasteiger partial charge on any atom is -0.453 e. The lowest BCUT2D eigenvalue weighted by molar-refractivity contribution is 0.00639. The van der Waals surface area contributed by atoms with Crippen molar-refractivity contribution < 1.29 is 23.4 Å². The van der Waals surface area contributed by atoms with E-state index < -0.39 is 30.0 Å². The van der Waals surface area contributed by atoms with Crippen LogP contribution in [0.5, 0.6) is 0 Å². The number of rotatable bonds is 7. The molecule has 1 saturated heterocycles. The summed E-state index contributed by atoms with van der Waals surface area (Å²) in [5.74, 6) is -0.724. The summed E-state index contributed by atoms with van der Waals surface area (Å²) in [5.41, 5.74) is 5.89. The zero-order chi connectivity index (χ0) is 26.6. The molecule has 1 fully saturated rings. The van der Waals surface area contributed by atoms with Crippen molar-refractivity contribution in [2.24, 2.45) is 5.73 Å². The van der Waals surface area contributed by atoms with Crippen molar-refractivity contribution >= 4 is 11.9 Å². The maximum Gasteiger partial charge on any atom is 0.412 e. The number of amides is 1. The van der Waals surface area contributed by atoms with Gasteiger partial charge in [0.1, 0.15) is 17.9 Å². The maximum atomic E-state index is 15.8. The highest BCUT2D eigenvalue weighted by atomic mass is 19.1. The molecule has 0 radical (unpaired) electrons. The highest BCUT2D eigenvalue weighted by molar-refractivity contribution is 5.84. The van der Waals surface area contributed by atoms with E-state index in [-0.39, 0.29) is 37.3 Å². The standard InChI is InChI=1S/C25H27F2N7O3/c1-37-24(36)31-23-18(22(29)35)14-34(32-23)25(9-11-28)10-12-33(15-20(25)26)13-17-7-8-19(30-21(17)27)16-5-3-2-4-6-16/h2-8,14,20,22,35H,9-10,12-13,15,29H2,1H3,(H,31,32,36). The summed E-state index contributed by atoms with van der Waals surface area (Å²) in [6.07, 6.45) is -2.66. The number of pyridine rings is 1. The fourth-order valence-corrected chi connectivity index (χ4v) is 4.48. The predicted molar refractivity (Wildman–Crippen MR) is 130 cm³/mol. The molecule has 3 aromatic rings. The number of nitrogens with one attached hydrogen (secondary N) is 1. The maximum absolute atomic E-state index is 15.8. The zero-order valence-electron chi connectivity index (χ0n) is 20.1. The number of carbonyl (C=O) groups excluding carboxylic acids is 1. The van der Waals surface area contributed by atoms with Crippen LogP contribution < -0.4 is 11.1 Å². The second kappa shape index (κ2) is 11.0. The van der Waals surface area contributed by atoms with Crippen molar-refractivity contribution in [2.75, 3.05) is 25.5 Å². The van der Waals surface area contributed by atoms with Gasteiger partial charge in [0.15, 0.2) is 5.82 Å². The van der Waals surface area contributed by atoms with Crippen molar-refractivity contribution in [3.05, 3.63) is 65.7 Å². The summed E-state index contributed by atoms with van der Waals surface area (Å²) in [6.45, 7) is 0.377. The van der Waals surface area contributed by atoms with Crippen LogP contribution in [0.2, 0.25) is 0 Å². The molecule has 4 N–H and O–H groups in total. The number of ether oxygens (including phenoxy) is 1. The predicted octanol–water partition coefficient (Wildman–Crippen LogP) is 3.07. The number of piperidine rings is 1. The number of hydrogen-bond acceptors (Lipinski definition) is 8. The molecule has 10 nitrogen and oxygen atoms in total. The summed E-state index contributed by atoms with van der Waals surface area (Å²) in [6, 6.07) is 14.6. The SMILES string of the molecule is COC(=O)Nc1nn(C2(CC#N)CCN(Cc3ccc(-c4ccccc4)nc3F)CC2F)cc1C(N)O. The van der Waals surface area contributed by atoms with Crippen molar-refractivity contribution in [3.8, 4) is 17.3 Å². The molecule has 194 valence electrons. The number of nitrogens with zero attached hydrogens (tertiary/aromatic N) is 5. The molecule has 0 aliphatic carbocycles. The second-order valence-corrected chi connectivity index (χ2v) is 8.84. The van der Waals surface area contributed by atoms with Gasteiger partial charge in [-0.05, 0) is 12.5 Å². The second-order valence-electron chi connectivity index (χ2n) is 8.84. The lowest BCUT2D eigenvalue weighted by atomic mass is 9.83. The third kappa shape index (κ3) is 5.43. The Bertz CT molecular complexity index is 1300. The first kappa shape index (κ1) is 26.2. The summed E-state index contributed by atoms with van der Waals surface area (Å²) < 4.78 is 36.4. The quantitative estimate of drug-likeness (QED) is 0.325. The first-order valence-corrected chi connectivity index (χ1v) is 11.6. The van der Waals surface area contributed by atoms with E-state index in [1.165, 1.54) is 10.9 Å². The highest BCUT2D eigenvalue weighted by Crippen LogP contribution is 2.38. The van der Waals surface area contributed by atoms with Crippen LogP contribution in [0, 0.1) is 17.3 Å². The highest BCUT2D eigenvalue weighted by Gasteiger charge is 2.46. The minimum absolute atomic E-state index is 0.0454. The number of methoxy groups -OCH3 is 1. The fourth-order valence-electron chi connectivity index (χ4n) is 4.48. The van der Waals surface area contributed by atoms with E-state index in [4.69, 9.17) is 5.73 Å². The number of nitriles is 1. The van der Waals surface area contributed by atoms with Gasteiger partial charge in [0.05, 0.1) is 30.9 Å². The van der Waals surface area contributed by atoms with Crippen LogP contribution in [0.25, 0.3) is 11.3 Å². The molecule has 1 amide bonds. The van der Waals surface area contributed by atoms with E-state index in [9.17, 15) is 19.6 Å². The van der Waals surface area contributed by atoms with Gasteiger partial charge in [-0.2, -0.15) is 14.8 Å². The Kier molecular flexibility index (Phi) is 7.77. The fraction of sp³-hybridized carbons (Fsp3) is 0.360. The minimum atomic E-state index is -1.57. The summed E-state index contributed by atoms with van der Waals surface area (Å²) in [7, 11) is 1.16. The largest absolute Gasteiger partial charge is 0.453 e. The Balaban J connectivity index is 1.54. The number of alkyl halides is 1. The van der Waals surface area contributed by atoms with Crippen LogP contribution in [0.4, 0.5) is 19.4 Å². The molecule has 4 rings (SSSR count). The van der Waals surface area contributed by atoms with E-state index in [0.717, 1.165) is 12.7 Å². The van der Waals surface area contributed by atoms with Gasteiger partial charge in [-0.25, -0.2) is 14.2 Å². The Morgan fingerprint density at radius 3 is 2.76 bits per heavy atom. The Morgan fingerprint density at radius 1 is 1.38 bits per heavy atom. The number of aromatic nitrogens is 3. The average molecular weight is 512 g/mol. The Morgan fingerprint density at radius 2 is 2.14 bits per heavy atom. The van der Waals surface area contributed by atoms with Crippen molar-refractivity contribution in [1.29, 1.82) is 5.26 Å². The number of aliphatic hydroxyl groups excluding tert-OH is 1. The van der Waals surface area contributed by atoms with E-state index >= 15 is 4.39 Å². The molecule has 2 aromatic heterocycles. The van der Waals surface area contributed by atoms with Crippen LogP contribution in [0.3, 0.4) is 0 Å². The first-order chi connectivity index (χ1) is 17.8. The number of nitrogens with two attached hydrogens (primary N) is 1. The molecule has 3 atom stereocenters. The van der Waals surface area contributed by atoms with Crippen molar-refractivity contribution in [3.63, 3.8) is 0 Å². The number of likely N-dealkylation sites (tertiary alicyclic amines) is 1. The van der Waals surface area contributed by atoms with Crippen LogP contribution in [-0.2, 0) is 16.8 Å². The average Bonchev–Trinajstić information content (AvgIpc) is 3.32. The molecule has 1 aromatic carbocycles. The number of carbonyl (C=O) groups is 1. The van der Waals surface area contributed by atoms with Crippen molar-refractivity contribution in [1.82, 2.24) is 19.7 Å². The number of halogens is 2. The molecule has 0 spiro atoms. The normalized spacial score (nSPS) is 20.7. The van der Waals surface area contributed by atoms with Crippen LogP contribution in [0.15, 0.2) is 48.7 Å². The van der Waals surface area contributed by atoms with Gasteiger partial charge < -0.3 is 15.6 Å². The monoisotopic (exact) mass is 511 g/mol. The lowest BCUT2D eigenvalue weighted by Gasteiger charge is -2.43. The Labute approximate surface area is 212 Å². The van der Waals surface area contributed by atoms with Gasteiger partial charge in [0, 0.05) is 37.0 Å². The molecule has 37 heavy (non-hydrogen) atoms. The number of aliphatic hydroxyl groups is 1. The summed E-state index contributed by atoms with van der Waals surface area (Å²) >= 11 is 0. The van der Waals surface area contributed by atoms with Crippen LogP contribution in [-0.4, -0.2) is 57.2 Å². The lowest BCUT2D eigenvalue weighted by Crippen LogP contribution is -2.54. The van der Waals surface area contributed by atoms with Gasteiger partial charge in [0.25, 0.3) is 0 Å². The molecule has 1 aliphatic rings. The van der Waals surface area contributed by atoms with Gasteiger partial charge in [0.2, 0.25) is 5.95 Å². The number of hydrogen-bond donors (Lipinski definition) is 3. The number of benzene rings is 1. The van der Waals surface area contributed by atoms with Crippen LogP contribution >= 0.6 is 0 Å². The van der Waals surface area contributed by atoms with E-state index in [1.807, 2.05) is 36.4 Å². The molecular formula is C25H27F2N7O3. The van der Waals surface area contributed by atoms with E-state index in [1.54, 1.807) is 17.0 Å². The molecule has 0 saturated carbocycles. The van der Waals surface area contributed by atoms with Crippen LogP contribution in [0.1, 0.15) is 30.2 Å². The summed E-state index contributed by atoms with van der Waals surface area (Å²) in [4.78, 5) is 17.5. The van der Waals surface area contributed by atoms with Gasteiger partial charge in [-0.1, -0.05) is 36.4 Å². The number of anilines is 1. The van der Waals surface area contributed by atoms with E-state index in [0.29, 0.717) is 17.8 Å². The zero-order valence-corrected chi connectivity index (χ0v) is 20.1. The molecule has 12 heteroatoms. The summed E-state index contributed by atoms with van der Waals surface area (Å²) in [5, 5.41) is 26.0. The molecule has 0 bridgehead atoms.